The Morgan fingerprint density at radius 3 is 3.05 bits per heavy atom. The number of carboxylic acid groups (broad SMARTS) is 1. The van der Waals surface area contributed by atoms with Gasteiger partial charge < -0.3 is 10.0 Å². The van der Waals surface area contributed by atoms with Gasteiger partial charge in [-0.1, -0.05) is 6.92 Å². The Kier molecular flexibility index (Phi) is 4.17. The second-order valence-electron chi connectivity index (χ2n) is 6.04. The van der Waals surface area contributed by atoms with Crippen LogP contribution in [0.4, 0.5) is 5.13 Å². The molecule has 2 heterocycles. The zero-order valence-electron chi connectivity index (χ0n) is 12.7. The molecule has 0 bridgehead atoms. The Morgan fingerprint density at radius 1 is 1.52 bits per heavy atom. The van der Waals surface area contributed by atoms with E-state index in [4.69, 9.17) is 0 Å². The zero-order chi connectivity index (χ0) is 15.0. The van der Waals surface area contributed by atoms with Crippen LogP contribution in [-0.2, 0) is 11.2 Å². The summed E-state index contributed by atoms with van der Waals surface area (Å²) in [6, 6.07) is 0.606. The van der Waals surface area contributed by atoms with E-state index in [-0.39, 0.29) is 0 Å². The minimum absolute atomic E-state index is 0.392. The molecule has 0 saturated carbocycles. The predicted octanol–water partition coefficient (Wildman–Crippen LogP) is 2.18. The molecule has 1 aromatic heterocycles. The standard InChI is InChI=1S/C15H23N3O2S/c1-3-18-8-4-5-10(18)9-17(2)15-16-13-11(14(19)20)6-7-12(13)21-15/h10-11H,3-9H2,1-2H3,(H,19,20). The SMILES string of the molecule is CCN1CCCC1CN(C)c1nc2c(s1)CCC2C(=O)O. The lowest BCUT2D eigenvalue weighted by Crippen LogP contribution is -2.38. The van der Waals surface area contributed by atoms with Gasteiger partial charge in [0.2, 0.25) is 0 Å². The minimum Gasteiger partial charge on any atom is -0.481 e. The number of aliphatic carboxylic acids is 1. The number of anilines is 1. The molecule has 3 rings (SSSR count). The molecule has 0 amide bonds. The highest BCUT2D eigenvalue weighted by molar-refractivity contribution is 7.15. The quantitative estimate of drug-likeness (QED) is 0.903. The van der Waals surface area contributed by atoms with Gasteiger partial charge in [0.15, 0.2) is 5.13 Å². The third kappa shape index (κ3) is 2.79. The predicted molar refractivity (Wildman–Crippen MR) is 84.4 cm³/mol. The van der Waals surface area contributed by atoms with Gasteiger partial charge in [-0.15, -0.1) is 11.3 Å². The number of fused-ring (bicyclic) bond motifs is 1. The fraction of sp³-hybridized carbons (Fsp3) is 0.733. The number of aromatic nitrogens is 1. The molecular weight excluding hydrogens is 286 g/mol. The molecule has 1 aliphatic heterocycles. The third-order valence-corrected chi connectivity index (χ3v) is 5.97. The number of rotatable bonds is 5. The fourth-order valence-electron chi connectivity index (χ4n) is 3.53. The average molecular weight is 309 g/mol. The van der Waals surface area contributed by atoms with Crippen molar-refractivity contribution >= 4 is 22.4 Å². The molecule has 1 aliphatic carbocycles. The molecular formula is C15H23N3O2S. The number of carbonyl (C=O) groups is 1. The molecule has 1 saturated heterocycles. The maximum atomic E-state index is 11.2. The van der Waals surface area contributed by atoms with Crippen molar-refractivity contribution in [2.75, 3.05) is 31.6 Å². The molecule has 1 N–H and O–H groups in total. The molecule has 0 radical (unpaired) electrons. The Labute approximate surface area is 129 Å². The van der Waals surface area contributed by atoms with Crippen LogP contribution in [0.2, 0.25) is 0 Å². The molecule has 1 aromatic rings. The van der Waals surface area contributed by atoms with Gasteiger partial charge >= 0.3 is 5.97 Å². The summed E-state index contributed by atoms with van der Waals surface area (Å²) in [4.78, 5) is 21.8. The molecule has 0 aromatic carbocycles. The van der Waals surface area contributed by atoms with Crippen LogP contribution in [-0.4, -0.2) is 53.7 Å². The van der Waals surface area contributed by atoms with Crippen molar-refractivity contribution in [3.8, 4) is 0 Å². The Bertz CT molecular complexity index is 531. The van der Waals surface area contributed by atoms with E-state index in [2.05, 4.69) is 28.8 Å². The van der Waals surface area contributed by atoms with E-state index >= 15 is 0 Å². The maximum Gasteiger partial charge on any atom is 0.312 e. The van der Waals surface area contributed by atoms with Crippen molar-refractivity contribution in [1.82, 2.24) is 9.88 Å². The summed E-state index contributed by atoms with van der Waals surface area (Å²) in [7, 11) is 2.08. The highest BCUT2D eigenvalue weighted by atomic mass is 32.1. The molecule has 2 unspecified atom stereocenters. The first-order valence-electron chi connectivity index (χ1n) is 7.77. The third-order valence-electron chi connectivity index (χ3n) is 4.72. The van der Waals surface area contributed by atoms with Gasteiger partial charge in [0.25, 0.3) is 0 Å². The fourth-order valence-corrected chi connectivity index (χ4v) is 4.64. The molecule has 21 heavy (non-hydrogen) atoms. The number of nitrogens with zero attached hydrogens (tertiary/aromatic N) is 3. The minimum atomic E-state index is -0.735. The average Bonchev–Trinajstić information content (AvgIpc) is 3.11. The Balaban J connectivity index is 1.70. The topological polar surface area (TPSA) is 56.7 Å². The summed E-state index contributed by atoms with van der Waals surface area (Å²) in [5.74, 6) is -1.13. The Hall–Kier alpha value is -1.14. The van der Waals surface area contributed by atoms with Crippen LogP contribution in [0.25, 0.3) is 0 Å². The molecule has 2 aliphatic rings. The normalized spacial score (nSPS) is 25.2. The summed E-state index contributed by atoms with van der Waals surface area (Å²) >= 11 is 1.68. The molecule has 2 atom stereocenters. The van der Waals surface area contributed by atoms with Crippen LogP contribution >= 0.6 is 11.3 Å². The number of carboxylic acids is 1. The number of likely N-dealkylation sites (N-methyl/N-ethyl adjacent to an activating group) is 2. The summed E-state index contributed by atoms with van der Waals surface area (Å²) in [5, 5.41) is 10.2. The monoisotopic (exact) mass is 309 g/mol. The van der Waals surface area contributed by atoms with Crippen LogP contribution in [0.1, 0.15) is 42.7 Å². The Morgan fingerprint density at radius 2 is 2.33 bits per heavy atom. The lowest BCUT2D eigenvalue weighted by Gasteiger charge is -2.27. The van der Waals surface area contributed by atoms with Crippen molar-refractivity contribution in [2.24, 2.45) is 0 Å². The molecule has 6 heteroatoms. The summed E-state index contributed by atoms with van der Waals surface area (Å²) in [5.41, 5.74) is 0.813. The van der Waals surface area contributed by atoms with Gasteiger partial charge in [0, 0.05) is 24.5 Å². The number of aryl methyl sites for hydroxylation is 1. The first kappa shape index (κ1) is 14.8. The van der Waals surface area contributed by atoms with Crippen LogP contribution in [0.5, 0.6) is 0 Å². The smallest absolute Gasteiger partial charge is 0.312 e. The van der Waals surface area contributed by atoms with Crippen molar-refractivity contribution in [1.29, 1.82) is 0 Å². The second-order valence-corrected chi connectivity index (χ2v) is 7.10. The van der Waals surface area contributed by atoms with Crippen LogP contribution in [0, 0.1) is 0 Å². The summed E-state index contributed by atoms with van der Waals surface area (Å²) in [6.07, 6.45) is 4.10. The van der Waals surface area contributed by atoms with Gasteiger partial charge in [0.05, 0.1) is 5.69 Å². The molecule has 5 nitrogen and oxygen atoms in total. The molecule has 0 spiro atoms. The summed E-state index contributed by atoms with van der Waals surface area (Å²) < 4.78 is 0. The van der Waals surface area contributed by atoms with Gasteiger partial charge in [-0.3, -0.25) is 9.69 Å². The highest BCUT2D eigenvalue weighted by Gasteiger charge is 2.33. The van der Waals surface area contributed by atoms with Gasteiger partial charge in [-0.05, 0) is 38.8 Å². The van der Waals surface area contributed by atoms with E-state index in [1.54, 1.807) is 11.3 Å². The van der Waals surface area contributed by atoms with Crippen LogP contribution < -0.4 is 4.90 Å². The van der Waals surface area contributed by atoms with E-state index in [1.165, 1.54) is 24.3 Å². The van der Waals surface area contributed by atoms with Gasteiger partial charge in [-0.2, -0.15) is 0 Å². The van der Waals surface area contributed by atoms with E-state index in [0.29, 0.717) is 12.5 Å². The van der Waals surface area contributed by atoms with Crippen LogP contribution in [0.3, 0.4) is 0 Å². The number of hydrogen-bond acceptors (Lipinski definition) is 5. The van der Waals surface area contributed by atoms with E-state index in [0.717, 1.165) is 30.3 Å². The van der Waals surface area contributed by atoms with Crippen molar-refractivity contribution in [3.05, 3.63) is 10.6 Å². The van der Waals surface area contributed by atoms with Crippen molar-refractivity contribution in [3.63, 3.8) is 0 Å². The van der Waals surface area contributed by atoms with Crippen molar-refractivity contribution < 1.29 is 9.90 Å². The first-order valence-corrected chi connectivity index (χ1v) is 8.59. The lowest BCUT2D eigenvalue weighted by molar-refractivity contribution is -0.138. The number of hydrogen-bond donors (Lipinski definition) is 1. The largest absolute Gasteiger partial charge is 0.481 e. The summed E-state index contributed by atoms with van der Waals surface area (Å²) in [6.45, 7) is 5.50. The lowest BCUT2D eigenvalue weighted by atomic mass is 10.1. The van der Waals surface area contributed by atoms with E-state index in [1.807, 2.05) is 0 Å². The number of likely N-dealkylation sites (tertiary alicyclic amines) is 1. The van der Waals surface area contributed by atoms with E-state index in [9.17, 15) is 9.90 Å². The highest BCUT2D eigenvalue weighted by Crippen LogP contribution is 2.39. The molecule has 116 valence electrons. The number of thiazole rings is 1. The van der Waals surface area contributed by atoms with Gasteiger partial charge in [-0.25, -0.2) is 4.98 Å². The first-order chi connectivity index (χ1) is 10.1. The second kappa shape index (κ2) is 5.93. The molecule has 1 fully saturated rings. The zero-order valence-corrected chi connectivity index (χ0v) is 13.5. The maximum absolute atomic E-state index is 11.2. The van der Waals surface area contributed by atoms with Crippen molar-refractivity contribution in [2.45, 2.75) is 44.6 Å². The van der Waals surface area contributed by atoms with Crippen LogP contribution in [0.15, 0.2) is 0 Å². The van der Waals surface area contributed by atoms with Gasteiger partial charge in [0.1, 0.15) is 5.92 Å². The van der Waals surface area contributed by atoms with E-state index < -0.39 is 11.9 Å².